The molecule has 0 radical (unpaired) electrons. The molecule has 2 rings (SSSR count). The lowest BCUT2D eigenvalue weighted by Gasteiger charge is -2.10. The zero-order valence-electron chi connectivity index (χ0n) is 11.7. The number of anilines is 1. The summed E-state index contributed by atoms with van der Waals surface area (Å²) in [4.78, 5) is 11.7. The molecule has 0 aliphatic heterocycles. The van der Waals surface area contributed by atoms with Crippen LogP contribution in [0.4, 0.5) is 18.9 Å². The largest absolute Gasteiger partial charge is 0.573 e. The summed E-state index contributed by atoms with van der Waals surface area (Å²) < 4.78 is 40.2. The molecule has 1 amide bonds. The normalized spacial score (nSPS) is 11.4. The summed E-state index contributed by atoms with van der Waals surface area (Å²) in [6, 6.07) is 11.1. The van der Waals surface area contributed by atoms with Crippen LogP contribution in [0.1, 0.15) is 5.56 Å². The summed E-state index contributed by atoms with van der Waals surface area (Å²) in [5.74, 6) is -0.826. The van der Waals surface area contributed by atoms with Crippen LogP contribution in [0, 0.1) is 0 Å². The van der Waals surface area contributed by atoms with E-state index in [1.54, 1.807) is 12.1 Å². The minimum absolute atomic E-state index is 0.105. The Hall–Kier alpha value is -2.96. The van der Waals surface area contributed by atoms with Gasteiger partial charge >= 0.3 is 6.36 Å². The Labute approximate surface area is 129 Å². The first kappa shape index (κ1) is 16.4. The minimum atomic E-state index is -4.79. The van der Waals surface area contributed by atoms with Crippen LogP contribution in [0.15, 0.2) is 54.6 Å². The highest BCUT2D eigenvalue weighted by molar-refractivity contribution is 6.02. The molecule has 0 bridgehead atoms. The molecule has 0 aliphatic carbocycles. The van der Waals surface area contributed by atoms with Crippen molar-refractivity contribution in [2.24, 2.45) is 0 Å². The van der Waals surface area contributed by atoms with Gasteiger partial charge < -0.3 is 15.2 Å². The summed E-state index contributed by atoms with van der Waals surface area (Å²) in [6.07, 6.45) is -2.06. The van der Waals surface area contributed by atoms with Crippen molar-refractivity contribution in [3.63, 3.8) is 0 Å². The number of ether oxygens (including phenoxy) is 1. The monoisotopic (exact) mass is 323 g/mol. The van der Waals surface area contributed by atoms with Gasteiger partial charge in [-0.05, 0) is 35.9 Å². The molecule has 4 nitrogen and oxygen atoms in total. The number of hydrogen-bond donors (Lipinski definition) is 2. The molecule has 7 heteroatoms. The van der Waals surface area contributed by atoms with Gasteiger partial charge in [0.15, 0.2) is 0 Å². The molecule has 23 heavy (non-hydrogen) atoms. The minimum Gasteiger partial charge on any atom is -0.508 e. The van der Waals surface area contributed by atoms with Gasteiger partial charge in [-0.3, -0.25) is 4.79 Å². The summed E-state index contributed by atoms with van der Waals surface area (Å²) in [5.41, 5.74) is 0.860. The summed E-state index contributed by atoms with van der Waals surface area (Å²) >= 11 is 0. The number of alkyl halides is 3. The smallest absolute Gasteiger partial charge is 0.508 e. The molecule has 0 aromatic heterocycles. The van der Waals surface area contributed by atoms with Crippen LogP contribution in [0.5, 0.6) is 11.5 Å². The van der Waals surface area contributed by atoms with Crippen LogP contribution in [-0.4, -0.2) is 17.4 Å². The molecule has 0 saturated carbocycles. The van der Waals surface area contributed by atoms with Crippen molar-refractivity contribution in [1.29, 1.82) is 0 Å². The third-order valence-electron chi connectivity index (χ3n) is 2.66. The maximum atomic E-state index is 12.1. The maximum absolute atomic E-state index is 12.1. The van der Waals surface area contributed by atoms with Crippen molar-refractivity contribution in [2.45, 2.75) is 6.36 Å². The topological polar surface area (TPSA) is 58.6 Å². The third-order valence-corrected chi connectivity index (χ3v) is 2.66. The van der Waals surface area contributed by atoms with E-state index in [2.05, 4.69) is 10.1 Å². The Balaban J connectivity index is 2.00. The Morgan fingerprint density at radius 2 is 1.83 bits per heavy atom. The number of carbonyl (C=O) groups is 1. The number of carbonyl (C=O) groups excluding carboxylic acids is 1. The average Bonchev–Trinajstić information content (AvgIpc) is 2.45. The van der Waals surface area contributed by atoms with Crippen molar-refractivity contribution < 1.29 is 27.8 Å². The molecule has 0 aliphatic rings. The molecule has 0 spiro atoms. The SMILES string of the molecule is O=C(/C=C/c1ccc(O)cc1)Nc1cccc(OC(F)(F)F)c1. The first-order valence-electron chi connectivity index (χ1n) is 6.46. The molecule has 2 aromatic carbocycles. The second-order valence-corrected chi connectivity index (χ2v) is 4.49. The quantitative estimate of drug-likeness (QED) is 0.838. The summed E-state index contributed by atoms with van der Waals surface area (Å²) in [5, 5.41) is 11.6. The van der Waals surface area contributed by atoms with Crippen LogP contribution in [-0.2, 0) is 4.79 Å². The van der Waals surface area contributed by atoms with Gasteiger partial charge in [-0.2, -0.15) is 0 Å². The number of aromatic hydroxyl groups is 1. The molecule has 0 atom stereocenters. The number of amides is 1. The number of rotatable bonds is 4. The standard InChI is InChI=1S/C16H12F3NO3/c17-16(18,19)23-14-3-1-2-12(10-14)20-15(22)9-6-11-4-7-13(21)8-5-11/h1-10,21H,(H,20,22)/b9-6+. The van der Waals surface area contributed by atoms with Gasteiger partial charge in [0.05, 0.1) is 0 Å². The second-order valence-electron chi connectivity index (χ2n) is 4.49. The van der Waals surface area contributed by atoms with E-state index in [0.717, 1.165) is 12.1 Å². The summed E-state index contributed by atoms with van der Waals surface area (Å²) in [7, 11) is 0. The fraction of sp³-hybridized carbons (Fsp3) is 0.0625. The van der Waals surface area contributed by atoms with Crippen molar-refractivity contribution in [3.8, 4) is 11.5 Å². The van der Waals surface area contributed by atoms with Gasteiger partial charge in [0, 0.05) is 17.8 Å². The first-order valence-corrected chi connectivity index (χ1v) is 6.46. The number of halogens is 3. The van der Waals surface area contributed by atoms with Gasteiger partial charge in [0.1, 0.15) is 11.5 Å². The molecule has 120 valence electrons. The van der Waals surface area contributed by atoms with Crippen LogP contribution >= 0.6 is 0 Å². The molecule has 0 heterocycles. The van der Waals surface area contributed by atoms with Crippen LogP contribution < -0.4 is 10.1 Å². The van der Waals surface area contributed by atoms with E-state index in [1.807, 2.05) is 0 Å². The van der Waals surface area contributed by atoms with Crippen LogP contribution in [0.25, 0.3) is 6.08 Å². The van der Waals surface area contributed by atoms with E-state index in [1.165, 1.54) is 36.4 Å². The Kier molecular flexibility index (Phi) is 4.90. The predicted molar refractivity (Wildman–Crippen MR) is 78.9 cm³/mol. The molecule has 0 saturated heterocycles. The fourth-order valence-electron chi connectivity index (χ4n) is 1.71. The molecule has 0 unspecified atom stereocenters. The number of nitrogens with one attached hydrogen (secondary N) is 1. The lowest BCUT2D eigenvalue weighted by molar-refractivity contribution is -0.274. The van der Waals surface area contributed by atoms with E-state index >= 15 is 0 Å². The lowest BCUT2D eigenvalue weighted by atomic mass is 10.2. The Morgan fingerprint density at radius 3 is 2.48 bits per heavy atom. The van der Waals surface area contributed by atoms with E-state index in [0.29, 0.717) is 5.56 Å². The average molecular weight is 323 g/mol. The van der Waals surface area contributed by atoms with Gasteiger partial charge in [-0.1, -0.05) is 18.2 Å². The fourth-order valence-corrected chi connectivity index (χ4v) is 1.71. The van der Waals surface area contributed by atoms with E-state index < -0.39 is 18.0 Å². The first-order chi connectivity index (χ1) is 10.8. The maximum Gasteiger partial charge on any atom is 0.573 e. The van der Waals surface area contributed by atoms with Gasteiger partial charge in [-0.15, -0.1) is 13.2 Å². The number of benzene rings is 2. The van der Waals surface area contributed by atoms with Gasteiger partial charge in [0.2, 0.25) is 5.91 Å². The predicted octanol–water partition coefficient (Wildman–Crippen LogP) is 3.94. The molecule has 2 aromatic rings. The highest BCUT2D eigenvalue weighted by atomic mass is 19.4. The van der Waals surface area contributed by atoms with E-state index in [4.69, 9.17) is 5.11 Å². The van der Waals surface area contributed by atoms with Gasteiger partial charge in [-0.25, -0.2) is 0 Å². The molecular formula is C16H12F3NO3. The van der Waals surface area contributed by atoms with E-state index in [9.17, 15) is 18.0 Å². The summed E-state index contributed by atoms with van der Waals surface area (Å²) in [6.45, 7) is 0. The molecule has 2 N–H and O–H groups in total. The third kappa shape index (κ3) is 5.74. The number of hydrogen-bond acceptors (Lipinski definition) is 3. The van der Waals surface area contributed by atoms with Crippen LogP contribution in [0.3, 0.4) is 0 Å². The molecule has 0 fully saturated rings. The highest BCUT2D eigenvalue weighted by Crippen LogP contribution is 2.25. The van der Waals surface area contributed by atoms with Crippen molar-refractivity contribution >= 4 is 17.7 Å². The number of phenolic OH excluding ortho intramolecular Hbond substituents is 1. The molecular weight excluding hydrogens is 311 g/mol. The zero-order chi connectivity index (χ0) is 16.9. The van der Waals surface area contributed by atoms with Gasteiger partial charge in [0.25, 0.3) is 0 Å². The van der Waals surface area contributed by atoms with Crippen LogP contribution in [0.2, 0.25) is 0 Å². The van der Waals surface area contributed by atoms with Crippen molar-refractivity contribution in [2.75, 3.05) is 5.32 Å². The Bertz CT molecular complexity index is 709. The lowest BCUT2D eigenvalue weighted by Crippen LogP contribution is -2.17. The van der Waals surface area contributed by atoms with E-state index in [-0.39, 0.29) is 11.4 Å². The highest BCUT2D eigenvalue weighted by Gasteiger charge is 2.31. The number of phenols is 1. The second kappa shape index (κ2) is 6.87. The Morgan fingerprint density at radius 1 is 1.13 bits per heavy atom. The zero-order valence-corrected chi connectivity index (χ0v) is 11.7. The van der Waals surface area contributed by atoms with Crippen molar-refractivity contribution in [3.05, 3.63) is 60.2 Å². The van der Waals surface area contributed by atoms with Crippen molar-refractivity contribution in [1.82, 2.24) is 0 Å².